The predicted octanol–water partition coefficient (Wildman–Crippen LogP) is 4.64. The Morgan fingerprint density at radius 1 is 1.20 bits per heavy atom. The van der Waals surface area contributed by atoms with Crippen LogP contribution in [0.3, 0.4) is 0 Å². The number of hydrogen-bond donors (Lipinski definition) is 1. The van der Waals surface area contributed by atoms with Gasteiger partial charge in [-0.15, -0.1) is 0 Å². The van der Waals surface area contributed by atoms with Gasteiger partial charge in [0.05, 0.1) is 41.7 Å². The normalized spacial score (nSPS) is 25.7. The van der Waals surface area contributed by atoms with Gasteiger partial charge in [-0.3, -0.25) is 4.68 Å². The van der Waals surface area contributed by atoms with Gasteiger partial charge < -0.3 is 5.11 Å². The number of aromatic nitrogens is 4. The maximum atomic E-state index is 13.0. The van der Waals surface area contributed by atoms with Crippen LogP contribution < -0.4 is 0 Å². The zero-order chi connectivity index (χ0) is 21.2. The zero-order valence-corrected chi connectivity index (χ0v) is 16.1. The lowest BCUT2D eigenvalue weighted by atomic mass is 9.58. The van der Waals surface area contributed by atoms with Gasteiger partial charge in [0.2, 0.25) is 0 Å². The highest BCUT2D eigenvalue weighted by atomic mass is 19.4. The number of rotatable bonds is 2. The fourth-order valence-electron chi connectivity index (χ4n) is 4.85. The molecule has 2 heterocycles. The van der Waals surface area contributed by atoms with Gasteiger partial charge in [0, 0.05) is 5.56 Å². The van der Waals surface area contributed by atoms with E-state index < -0.39 is 17.5 Å². The van der Waals surface area contributed by atoms with Gasteiger partial charge >= 0.3 is 6.18 Å². The molecule has 3 aliphatic rings. The number of aryl methyl sites for hydroxylation is 1. The SMILES string of the molecule is Cc1cc(C(F)(F)F)cc(O)c1-c1cnc2cn([C@@H]3CC(C#N)C4CC3C4)nc2n1. The third-order valence-electron chi connectivity index (χ3n) is 6.47. The number of nitriles is 1. The van der Waals surface area contributed by atoms with Crippen molar-refractivity contribution in [2.75, 3.05) is 0 Å². The largest absolute Gasteiger partial charge is 0.507 e. The van der Waals surface area contributed by atoms with Gasteiger partial charge in [0.1, 0.15) is 11.3 Å². The third kappa shape index (κ3) is 2.90. The Morgan fingerprint density at radius 3 is 2.63 bits per heavy atom. The van der Waals surface area contributed by atoms with Gasteiger partial charge in [0.25, 0.3) is 0 Å². The van der Waals surface area contributed by atoms with Gasteiger partial charge in [-0.2, -0.15) is 23.5 Å². The summed E-state index contributed by atoms with van der Waals surface area (Å²) >= 11 is 0. The smallest absolute Gasteiger partial charge is 0.416 e. The molecule has 1 N–H and O–H groups in total. The Morgan fingerprint density at radius 2 is 1.97 bits per heavy atom. The number of halogens is 3. The van der Waals surface area contributed by atoms with Crippen LogP contribution in [0.25, 0.3) is 22.4 Å². The van der Waals surface area contributed by atoms with Crippen LogP contribution in [0.5, 0.6) is 5.75 Å². The van der Waals surface area contributed by atoms with Gasteiger partial charge in [-0.25, -0.2) is 9.97 Å². The lowest BCUT2D eigenvalue weighted by Gasteiger charge is -2.48. The molecule has 154 valence electrons. The molecular formula is C21H18F3N5O. The molecule has 6 nitrogen and oxygen atoms in total. The first kappa shape index (κ1) is 18.9. The molecule has 6 rings (SSSR count). The molecule has 3 fully saturated rings. The minimum Gasteiger partial charge on any atom is -0.507 e. The molecule has 0 spiro atoms. The molecule has 3 saturated carbocycles. The Bertz CT molecular complexity index is 1170. The molecule has 0 amide bonds. The highest BCUT2D eigenvalue weighted by Crippen LogP contribution is 2.53. The molecule has 30 heavy (non-hydrogen) atoms. The Labute approximate surface area is 170 Å². The Balaban J connectivity index is 1.52. The average Bonchev–Trinajstić information content (AvgIpc) is 3.09. The molecule has 9 heteroatoms. The number of aromatic hydroxyl groups is 1. The van der Waals surface area contributed by atoms with E-state index in [4.69, 9.17) is 0 Å². The van der Waals surface area contributed by atoms with Crippen LogP contribution in [0.15, 0.2) is 24.5 Å². The molecule has 0 aliphatic heterocycles. The van der Waals surface area contributed by atoms with Crippen molar-refractivity contribution in [2.24, 2.45) is 17.8 Å². The maximum absolute atomic E-state index is 13.0. The van der Waals surface area contributed by atoms with Crippen LogP contribution in [0.4, 0.5) is 13.2 Å². The van der Waals surface area contributed by atoms with E-state index in [1.54, 1.807) is 0 Å². The summed E-state index contributed by atoms with van der Waals surface area (Å²) in [5, 5.41) is 24.2. The van der Waals surface area contributed by atoms with E-state index in [2.05, 4.69) is 21.1 Å². The van der Waals surface area contributed by atoms with Crippen molar-refractivity contribution < 1.29 is 18.3 Å². The lowest BCUT2D eigenvalue weighted by molar-refractivity contribution is -0.137. The molecule has 3 aromatic rings. The third-order valence-corrected chi connectivity index (χ3v) is 6.47. The van der Waals surface area contributed by atoms with Crippen molar-refractivity contribution in [2.45, 2.75) is 38.4 Å². The summed E-state index contributed by atoms with van der Waals surface area (Å²) in [6.07, 6.45) is 1.52. The quantitative estimate of drug-likeness (QED) is 0.661. The lowest BCUT2D eigenvalue weighted by Crippen LogP contribution is -2.43. The second kappa shape index (κ2) is 6.42. The highest BCUT2D eigenvalue weighted by Gasteiger charge is 2.47. The van der Waals surface area contributed by atoms with E-state index in [1.165, 1.54) is 13.1 Å². The van der Waals surface area contributed by atoms with Crippen molar-refractivity contribution in [1.82, 2.24) is 19.7 Å². The molecule has 2 bridgehead atoms. The number of phenolic OH excluding ortho intramolecular Hbond substituents is 1. The number of fused-ring (bicyclic) bond motifs is 3. The van der Waals surface area contributed by atoms with Crippen molar-refractivity contribution in [3.05, 3.63) is 35.7 Å². The highest BCUT2D eigenvalue weighted by molar-refractivity contribution is 5.77. The van der Waals surface area contributed by atoms with Crippen molar-refractivity contribution >= 4 is 11.2 Å². The Hall–Kier alpha value is -3.15. The minimum absolute atomic E-state index is 0.0375. The second-order valence-corrected chi connectivity index (χ2v) is 8.29. The number of phenols is 1. The number of alkyl halides is 3. The van der Waals surface area contributed by atoms with E-state index in [9.17, 15) is 23.5 Å². The van der Waals surface area contributed by atoms with Crippen molar-refractivity contribution in [1.29, 1.82) is 5.26 Å². The van der Waals surface area contributed by atoms with Crippen LogP contribution >= 0.6 is 0 Å². The minimum atomic E-state index is -4.54. The van der Waals surface area contributed by atoms with Crippen LogP contribution in [-0.4, -0.2) is 24.9 Å². The van der Waals surface area contributed by atoms with E-state index >= 15 is 0 Å². The van der Waals surface area contributed by atoms with Gasteiger partial charge in [0.15, 0.2) is 5.65 Å². The summed E-state index contributed by atoms with van der Waals surface area (Å²) in [5.41, 5.74) is 0.733. The molecule has 0 saturated heterocycles. The first-order chi connectivity index (χ1) is 14.2. The molecule has 3 aliphatic carbocycles. The van der Waals surface area contributed by atoms with Gasteiger partial charge in [-0.05, 0) is 55.7 Å². The maximum Gasteiger partial charge on any atom is 0.416 e. The monoisotopic (exact) mass is 413 g/mol. The fourth-order valence-corrected chi connectivity index (χ4v) is 4.85. The molecule has 1 unspecified atom stereocenters. The molecule has 0 radical (unpaired) electrons. The van der Waals surface area contributed by atoms with Gasteiger partial charge in [-0.1, -0.05) is 0 Å². The number of hydrogen-bond acceptors (Lipinski definition) is 5. The Kier molecular flexibility index (Phi) is 4.04. The second-order valence-electron chi connectivity index (χ2n) is 8.29. The fraction of sp³-hybridized carbons (Fsp3) is 0.429. The predicted molar refractivity (Wildman–Crippen MR) is 101 cm³/mol. The number of benzene rings is 1. The average molecular weight is 413 g/mol. The van der Waals surface area contributed by atoms with Crippen LogP contribution in [0.1, 0.15) is 36.4 Å². The van der Waals surface area contributed by atoms with E-state index in [-0.39, 0.29) is 28.8 Å². The summed E-state index contributed by atoms with van der Waals surface area (Å²) in [5.74, 6) is 0.528. The topological polar surface area (TPSA) is 87.6 Å². The first-order valence-electron chi connectivity index (χ1n) is 9.77. The van der Waals surface area contributed by atoms with Crippen molar-refractivity contribution in [3.63, 3.8) is 0 Å². The first-order valence-corrected chi connectivity index (χ1v) is 9.77. The van der Waals surface area contributed by atoms with Crippen LogP contribution in [-0.2, 0) is 6.18 Å². The summed E-state index contributed by atoms with van der Waals surface area (Å²) in [7, 11) is 0. The standard InChI is InChI=1S/C21H18F3N5O/c1-10-2-14(21(22,23)24)6-18(30)19(10)15-8-26-16-9-29(28-20(16)27-15)17-5-13(7-25)11-3-12(17)4-11/h2,6,8-9,11-13,17,30H,3-5H2,1H3/t11?,12?,13?,17-/m1/s1. The summed E-state index contributed by atoms with van der Waals surface area (Å²) in [4.78, 5) is 8.81. The van der Waals surface area contributed by atoms with E-state index in [0.29, 0.717) is 29.1 Å². The molecule has 2 aromatic heterocycles. The van der Waals surface area contributed by atoms with E-state index in [1.807, 2.05) is 10.9 Å². The molecular weight excluding hydrogens is 395 g/mol. The summed E-state index contributed by atoms with van der Waals surface area (Å²) in [6.45, 7) is 1.49. The summed E-state index contributed by atoms with van der Waals surface area (Å²) in [6, 6.07) is 4.21. The van der Waals surface area contributed by atoms with Crippen LogP contribution in [0, 0.1) is 36.0 Å². The number of nitrogens with zero attached hydrogens (tertiary/aromatic N) is 5. The van der Waals surface area contributed by atoms with Crippen molar-refractivity contribution in [3.8, 4) is 23.1 Å². The zero-order valence-electron chi connectivity index (χ0n) is 16.1. The van der Waals surface area contributed by atoms with Crippen LogP contribution in [0.2, 0.25) is 0 Å². The molecule has 2 atom stereocenters. The summed E-state index contributed by atoms with van der Waals surface area (Å²) < 4.78 is 40.8. The van der Waals surface area contributed by atoms with E-state index in [0.717, 1.165) is 25.3 Å². The molecule has 1 aromatic carbocycles.